The molecule has 3 aliphatic rings. The van der Waals surface area contributed by atoms with Crippen LogP contribution in [-0.2, 0) is 13.1 Å². The molecule has 158 valence electrons. The van der Waals surface area contributed by atoms with Crippen molar-refractivity contribution < 1.29 is 14.7 Å². The molecule has 30 heavy (non-hydrogen) atoms. The maximum absolute atomic E-state index is 12.7. The monoisotopic (exact) mass is 431 g/mol. The lowest BCUT2D eigenvalue weighted by atomic mass is 9.73. The number of likely N-dealkylation sites (tertiary alicyclic amines) is 1. The first-order chi connectivity index (χ1) is 14.3. The van der Waals surface area contributed by atoms with Crippen molar-refractivity contribution in [2.45, 2.75) is 13.1 Å². The summed E-state index contributed by atoms with van der Waals surface area (Å²) in [5, 5.41) is 18.5. The van der Waals surface area contributed by atoms with Crippen LogP contribution in [0, 0.1) is 5.41 Å². The minimum Gasteiger partial charge on any atom is -0.465 e. The van der Waals surface area contributed by atoms with E-state index in [1.54, 1.807) is 23.9 Å². The Kier molecular flexibility index (Phi) is 4.11. The number of nitrogens with zero attached hydrogens (tertiary/aromatic N) is 7. The van der Waals surface area contributed by atoms with Crippen LogP contribution >= 0.6 is 11.6 Å². The highest BCUT2D eigenvalue weighted by Gasteiger charge is 2.54. The van der Waals surface area contributed by atoms with Gasteiger partial charge in [0, 0.05) is 50.7 Å². The van der Waals surface area contributed by atoms with E-state index < -0.39 is 6.09 Å². The summed E-state index contributed by atoms with van der Waals surface area (Å²) < 4.78 is 2.00. The minimum atomic E-state index is -0.869. The molecule has 0 unspecified atom stereocenters. The number of fused-ring (bicyclic) bond motifs is 3. The number of anilines is 1. The Morgan fingerprint density at radius 3 is 2.50 bits per heavy atom. The summed E-state index contributed by atoms with van der Waals surface area (Å²) in [4.78, 5) is 30.6. The lowest BCUT2D eigenvalue weighted by Crippen LogP contribution is -2.73. The lowest BCUT2D eigenvalue weighted by Gasteiger charge is -2.59. The number of carboxylic acid groups (broad SMARTS) is 1. The van der Waals surface area contributed by atoms with Gasteiger partial charge in [-0.2, -0.15) is 0 Å². The fraction of sp³-hybridized carbons (Fsp3) is 0.474. The van der Waals surface area contributed by atoms with Crippen LogP contribution in [0.15, 0.2) is 18.2 Å². The number of hydrogen-bond donors (Lipinski definition) is 1. The zero-order chi connectivity index (χ0) is 21.2. The number of halogens is 1. The van der Waals surface area contributed by atoms with Crippen molar-refractivity contribution in [2.75, 3.05) is 45.2 Å². The summed E-state index contributed by atoms with van der Waals surface area (Å²) in [5.41, 5.74) is 1.84. The number of carbonyl (C=O) groups is 2. The molecule has 2 saturated heterocycles. The average molecular weight is 432 g/mol. The van der Waals surface area contributed by atoms with E-state index in [1.165, 1.54) is 4.90 Å². The Morgan fingerprint density at radius 2 is 1.83 bits per heavy atom. The summed E-state index contributed by atoms with van der Waals surface area (Å²) in [7, 11) is 3.45. The lowest BCUT2D eigenvalue weighted by molar-refractivity contribution is -0.0102. The standard InChI is InChI=1S/C19H22ClN7O3/c1-23(2)17(28)24-6-12-5-13(20)3-4-14(12)27-15(7-24)21-22-16(27)25-8-19(9-25)10-26(11-19)18(29)30/h3-5H,6-11H2,1-2H3,(H,29,30). The molecule has 1 aromatic carbocycles. The van der Waals surface area contributed by atoms with E-state index in [-0.39, 0.29) is 11.4 Å². The first kappa shape index (κ1) is 19.0. The van der Waals surface area contributed by atoms with Crippen LogP contribution in [0.2, 0.25) is 5.02 Å². The Bertz CT molecular complexity index is 1040. The molecule has 1 N–H and O–H groups in total. The SMILES string of the molecule is CN(C)C(=O)N1Cc2cc(Cl)ccc2-n2c(nnc2N2CC3(CN(C(=O)O)C3)C2)C1. The number of carbonyl (C=O) groups excluding carboxylic acids is 1. The maximum Gasteiger partial charge on any atom is 0.407 e. The fourth-order valence-electron chi connectivity index (χ4n) is 4.61. The number of aromatic nitrogens is 3. The molecule has 5 rings (SSSR count). The molecule has 0 bridgehead atoms. The number of rotatable bonds is 1. The largest absolute Gasteiger partial charge is 0.465 e. The van der Waals surface area contributed by atoms with E-state index in [0.717, 1.165) is 24.3 Å². The van der Waals surface area contributed by atoms with Gasteiger partial charge >= 0.3 is 12.1 Å². The predicted octanol–water partition coefficient (Wildman–Crippen LogP) is 1.72. The molecule has 3 amide bonds. The van der Waals surface area contributed by atoms with Crippen LogP contribution < -0.4 is 4.90 Å². The molecule has 2 aromatic rings. The minimum absolute atomic E-state index is 0.00522. The normalized spacial score (nSPS) is 18.8. The van der Waals surface area contributed by atoms with E-state index in [9.17, 15) is 9.59 Å². The summed E-state index contributed by atoms with van der Waals surface area (Å²) in [6.45, 7) is 3.33. The summed E-state index contributed by atoms with van der Waals surface area (Å²) >= 11 is 6.25. The van der Waals surface area contributed by atoms with Crippen LogP contribution in [0.3, 0.4) is 0 Å². The van der Waals surface area contributed by atoms with E-state index in [0.29, 0.717) is 43.0 Å². The zero-order valence-electron chi connectivity index (χ0n) is 16.7. The van der Waals surface area contributed by atoms with Crippen molar-refractivity contribution in [3.63, 3.8) is 0 Å². The molecule has 0 saturated carbocycles. The molecule has 10 nitrogen and oxygen atoms in total. The Hall–Kier alpha value is -3.01. The second-order valence-corrected chi connectivity index (χ2v) is 8.99. The highest BCUT2D eigenvalue weighted by atomic mass is 35.5. The van der Waals surface area contributed by atoms with E-state index in [4.69, 9.17) is 16.7 Å². The van der Waals surface area contributed by atoms with Gasteiger partial charge in [-0.1, -0.05) is 11.6 Å². The molecule has 0 atom stereocenters. The molecule has 1 spiro atoms. The molecule has 0 radical (unpaired) electrons. The van der Waals surface area contributed by atoms with Gasteiger partial charge in [0.2, 0.25) is 5.95 Å². The van der Waals surface area contributed by atoms with Gasteiger partial charge in [-0.25, -0.2) is 9.59 Å². The number of amides is 3. The number of urea groups is 1. The third kappa shape index (κ3) is 2.85. The second kappa shape index (κ2) is 6.49. The number of benzene rings is 1. The van der Waals surface area contributed by atoms with Crippen molar-refractivity contribution in [3.05, 3.63) is 34.6 Å². The van der Waals surface area contributed by atoms with Crippen LogP contribution in [0.1, 0.15) is 11.4 Å². The number of hydrogen-bond acceptors (Lipinski definition) is 5. The highest BCUT2D eigenvalue weighted by Crippen LogP contribution is 2.42. The van der Waals surface area contributed by atoms with Gasteiger partial charge in [-0.05, 0) is 23.8 Å². The maximum atomic E-state index is 12.7. The first-order valence-corrected chi connectivity index (χ1v) is 10.1. The van der Waals surface area contributed by atoms with Crippen LogP contribution in [0.4, 0.5) is 15.5 Å². The quantitative estimate of drug-likeness (QED) is 0.738. The third-order valence-corrected chi connectivity index (χ3v) is 6.24. The zero-order valence-corrected chi connectivity index (χ0v) is 17.5. The molecule has 4 heterocycles. The summed E-state index contributed by atoms with van der Waals surface area (Å²) in [5.74, 6) is 1.40. The van der Waals surface area contributed by atoms with Crippen molar-refractivity contribution >= 4 is 29.7 Å². The molecule has 2 fully saturated rings. The van der Waals surface area contributed by atoms with E-state index in [2.05, 4.69) is 15.1 Å². The van der Waals surface area contributed by atoms with E-state index >= 15 is 0 Å². The van der Waals surface area contributed by atoms with Crippen molar-refractivity contribution in [3.8, 4) is 5.69 Å². The van der Waals surface area contributed by atoms with Gasteiger partial charge in [-0.3, -0.25) is 4.57 Å². The fourth-order valence-corrected chi connectivity index (χ4v) is 4.81. The second-order valence-electron chi connectivity index (χ2n) is 8.55. The Balaban J connectivity index is 1.47. The van der Waals surface area contributed by atoms with Gasteiger partial charge < -0.3 is 24.7 Å². The molecule has 1 aromatic heterocycles. The average Bonchev–Trinajstić information content (AvgIpc) is 2.93. The van der Waals surface area contributed by atoms with Crippen molar-refractivity contribution in [1.82, 2.24) is 29.5 Å². The highest BCUT2D eigenvalue weighted by molar-refractivity contribution is 6.30. The van der Waals surface area contributed by atoms with Crippen molar-refractivity contribution in [1.29, 1.82) is 0 Å². The predicted molar refractivity (Wildman–Crippen MR) is 109 cm³/mol. The van der Waals surface area contributed by atoms with Crippen LogP contribution in [0.5, 0.6) is 0 Å². The first-order valence-electron chi connectivity index (χ1n) is 9.68. The van der Waals surface area contributed by atoms with Gasteiger partial charge in [-0.15, -0.1) is 10.2 Å². The smallest absolute Gasteiger partial charge is 0.407 e. The summed E-state index contributed by atoms with van der Waals surface area (Å²) in [6.07, 6.45) is -0.869. The van der Waals surface area contributed by atoms with Crippen LogP contribution in [0.25, 0.3) is 5.69 Å². The molecule has 0 aliphatic carbocycles. The molecule has 3 aliphatic heterocycles. The van der Waals surface area contributed by atoms with Gasteiger partial charge in [0.1, 0.15) is 0 Å². The Labute approximate surface area is 178 Å². The molecular weight excluding hydrogens is 410 g/mol. The van der Waals surface area contributed by atoms with Gasteiger partial charge in [0.25, 0.3) is 0 Å². The molecule has 11 heteroatoms. The van der Waals surface area contributed by atoms with Gasteiger partial charge in [0.05, 0.1) is 18.8 Å². The summed E-state index contributed by atoms with van der Waals surface area (Å²) in [6, 6.07) is 5.53. The third-order valence-electron chi connectivity index (χ3n) is 6.00. The topological polar surface area (TPSA) is 98.0 Å². The molecular formula is C19H22ClN7O3. The van der Waals surface area contributed by atoms with Crippen molar-refractivity contribution in [2.24, 2.45) is 5.41 Å². The van der Waals surface area contributed by atoms with E-state index in [1.807, 2.05) is 22.8 Å². The Morgan fingerprint density at radius 1 is 1.10 bits per heavy atom. The van der Waals surface area contributed by atoms with Gasteiger partial charge in [0.15, 0.2) is 5.82 Å². The van der Waals surface area contributed by atoms with Crippen LogP contribution in [-0.4, -0.2) is 87.0 Å².